The van der Waals surface area contributed by atoms with Gasteiger partial charge >= 0.3 is 5.97 Å². The predicted molar refractivity (Wildman–Crippen MR) is 211 cm³/mol. The molecule has 6 rings (SSSR count). The molecule has 290 valence electrons. The summed E-state index contributed by atoms with van der Waals surface area (Å²) in [7, 11) is 1.49. The van der Waals surface area contributed by atoms with Crippen LogP contribution >= 0.6 is 27.5 Å². The van der Waals surface area contributed by atoms with Crippen molar-refractivity contribution in [3.8, 4) is 0 Å². The zero-order chi connectivity index (χ0) is 39.3. The molecule has 1 unspecified atom stereocenters. The average molecular weight is 835 g/mol. The highest BCUT2D eigenvalue weighted by Crippen LogP contribution is 2.62. The monoisotopic (exact) mass is 833 g/mol. The summed E-state index contributed by atoms with van der Waals surface area (Å²) in [6.45, 7) is 7.14. The van der Waals surface area contributed by atoms with Crippen LogP contribution in [0, 0.1) is 11.8 Å². The molecule has 0 aliphatic carbocycles. The van der Waals surface area contributed by atoms with Gasteiger partial charge in [0.15, 0.2) is 0 Å². The Kier molecular flexibility index (Phi) is 12.9. The molecular weight excluding hydrogens is 790 g/mol. The number of hydrogen-bond donors (Lipinski definition) is 2. The van der Waals surface area contributed by atoms with E-state index < -0.39 is 77.0 Å². The number of nitrogens with zero attached hydrogens (tertiary/aromatic N) is 2. The second-order valence-electron chi connectivity index (χ2n) is 13.9. The van der Waals surface area contributed by atoms with Crippen molar-refractivity contribution < 1.29 is 38.5 Å². The number of halogens is 2. The number of anilines is 1. The molecule has 2 bridgehead atoms. The average Bonchev–Trinajstić information content (AvgIpc) is 3.79. The Bertz CT molecular complexity index is 1880. The van der Waals surface area contributed by atoms with E-state index >= 15 is 9.59 Å². The van der Waals surface area contributed by atoms with Gasteiger partial charge in [0.25, 0.3) is 5.91 Å². The second-order valence-corrected chi connectivity index (χ2v) is 15.5. The van der Waals surface area contributed by atoms with Crippen LogP contribution < -0.4 is 10.2 Å². The maximum absolute atomic E-state index is 15.2. The van der Waals surface area contributed by atoms with E-state index in [2.05, 4.69) is 34.4 Å². The number of carbonyl (C=O) groups excluding carboxylic acids is 4. The molecule has 9 atom stereocenters. The van der Waals surface area contributed by atoms with Crippen LogP contribution in [0.2, 0.25) is 5.02 Å². The summed E-state index contributed by atoms with van der Waals surface area (Å²) in [6, 6.07) is 21.8. The smallest absolute Gasteiger partial charge is 0.313 e. The Morgan fingerprint density at radius 1 is 1.05 bits per heavy atom. The molecular formula is C42H45BrClN3O8. The molecule has 3 aliphatic rings. The molecule has 0 saturated carbocycles. The van der Waals surface area contributed by atoms with Gasteiger partial charge in [0.1, 0.15) is 17.7 Å². The molecule has 3 aliphatic heterocycles. The Morgan fingerprint density at radius 2 is 1.71 bits per heavy atom. The number of likely N-dealkylation sites (tertiary alicyclic amines) is 1. The van der Waals surface area contributed by atoms with Crippen molar-refractivity contribution in [2.75, 3.05) is 31.8 Å². The number of aliphatic hydroxyl groups excluding tert-OH is 1. The van der Waals surface area contributed by atoms with Crippen LogP contribution in [-0.2, 0) is 33.4 Å². The first kappa shape index (κ1) is 40.3. The summed E-state index contributed by atoms with van der Waals surface area (Å²) in [5, 5.41) is 14.2. The molecule has 0 aromatic heterocycles. The first-order chi connectivity index (χ1) is 26.6. The maximum Gasteiger partial charge on any atom is 0.313 e. The number of hydrogen-bond acceptors (Lipinski definition) is 8. The first-order valence-corrected chi connectivity index (χ1v) is 19.5. The normalized spacial score (nSPS) is 25.4. The molecule has 3 amide bonds. The Morgan fingerprint density at radius 3 is 2.33 bits per heavy atom. The van der Waals surface area contributed by atoms with Crippen molar-refractivity contribution in [1.82, 2.24) is 10.2 Å². The number of aliphatic hydroxyl groups is 1. The van der Waals surface area contributed by atoms with Crippen molar-refractivity contribution in [2.24, 2.45) is 11.8 Å². The fourth-order valence-electron chi connectivity index (χ4n) is 8.36. The topological polar surface area (TPSA) is 135 Å². The molecule has 3 saturated heterocycles. The standard InChI is InChI=1S/C42H45BrClN3O8/c1-4-6-21-33(49)45-30(25-53-3)36(27-17-11-8-12-18-27)54-41(52)34-35-39(50)47(32(24-48)26-15-9-7-10-16-26)38(42(35)23-28(43)37(34)55-42)40(51)46(22-5-2)31-20-14-13-19-29(31)44/h4-5,7-20,28,30,32,34-38,48H,1-2,6,21-25H2,3H3,(H,45,49)/t28?,30-,32+,34-,35+,36-,37-,38-,42+/m0/s1. The molecule has 11 nitrogen and oxygen atoms in total. The van der Waals surface area contributed by atoms with Gasteiger partial charge in [-0.15, -0.1) is 13.2 Å². The number of allylic oxidation sites excluding steroid dienone is 1. The number of ether oxygens (including phenoxy) is 3. The fraction of sp³-hybridized carbons (Fsp3) is 0.381. The van der Waals surface area contributed by atoms with Crippen LogP contribution in [0.4, 0.5) is 5.69 Å². The highest BCUT2D eigenvalue weighted by atomic mass is 79.9. The third kappa shape index (κ3) is 7.75. The highest BCUT2D eigenvalue weighted by Gasteiger charge is 2.78. The largest absolute Gasteiger partial charge is 0.455 e. The fourth-order valence-corrected chi connectivity index (χ4v) is 9.54. The van der Waals surface area contributed by atoms with Crippen LogP contribution in [-0.4, -0.2) is 89.2 Å². The summed E-state index contributed by atoms with van der Waals surface area (Å²) in [5.41, 5.74) is 0.119. The van der Waals surface area contributed by atoms with E-state index in [1.165, 1.54) is 16.9 Å². The SMILES string of the molecule is C=CCCC(=O)N[C@@H](COC)[C@@H](OC(=O)[C@@H]1[C@H]2O[C@@]3(CC2Br)[C@H](C(=O)N(CC=C)c2ccccc2Cl)N([C@H](CO)c2ccccc2)C(=O)[C@@H]13)c1ccccc1. The van der Waals surface area contributed by atoms with Crippen LogP contribution in [0.5, 0.6) is 0 Å². The number of nitrogens with one attached hydrogen (secondary N) is 1. The first-order valence-electron chi connectivity index (χ1n) is 18.2. The van der Waals surface area contributed by atoms with Gasteiger partial charge in [0.2, 0.25) is 11.8 Å². The molecule has 13 heteroatoms. The van der Waals surface area contributed by atoms with Gasteiger partial charge in [0, 0.05) is 24.9 Å². The van der Waals surface area contributed by atoms with E-state index in [1.54, 1.807) is 84.9 Å². The summed E-state index contributed by atoms with van der Waals surface area (Å²) >= 11 is 10.4. The molecule has 1 spiro atoms. The molecule has 0 radical (unpaired) electrons. The number of methoxy groups -OCH3 is 1. The minimum atomic E-state index is -1.49. The quantitative estimate of drug-likeness (QED) is 0.100. The number of rotatable bonds is 17. The zero-order valence-electron chi connectivity index (χ0n) is 30.5. The lowest BCUT2D eigenvalue weighted by molar-refractivity contribution is -0.163. The van der Waals surface area contributed by atoms with Gasteiger partial charge in [-0.05, 0) is 36.1 Å². The van der Waals surface area contributed by atoms with Gasteiger partial charge in [-0.25, -0.2) is 0 Å². The van der Waals surface area contributed by atoms with Crippen molar-refractivity contribution >= 4 is 56.9 Å². The summed E-state index contributed by atoms with van der Waals surface area (Å²) in [4.78, 5) is 60.4. The number of benzene rings is 3. The Balaban J connectivity index is 1.43. The Hall–Kier alpha value is -4.33. The summed E-state index contributed by atoms with van der Waals surface area (Å²) in [6.07, 6.45) is 2.22. The maximum atomic E-state index is 15.2. The zero-order valence-corrected chi connectivity index (χ0v) is 32.8. The number of fused-ring (bicyclic) bond motifs is 1. The third-order valence-corrected chi connectivity index (χ3v) is 11.8. The van der Waals surface area contributed by atoms with Crippen molar-refractivity contribution in [3.05, 3.63) is 126 Å². The molecule has 3 heterocycles. The summed E-state index contributed by atoms with van der Waals surface area (Å²) in [5.74, 6) is -4.33. The molecule has 3 aromatic rings. The van der Waals surface area contributed by atoms with Gasteiger partial charge < -0.3 is 34.4 Å². The molecule has 55 heavy (non-hydrogen) atoms. The van der Waals surface area contributed by atoms with Crippen molar-refractivity contribution in [3.63, 3.8) is 0 Å². The van der Waals surface area contributed by atoms with Crippen LogP contribution in [0.1, 0.15) is 42.5 Å². The van der Waals surface area contributed by atoms with E-state index in [0.29, 0.717) is 28.3 Å². The Labute approximate surface area is 334 Å². The van der Waals surface area contributed by atoms with E-state index in [4.69, 9.17) is 25.8 Å². The van der Waals surface area contributed by atoms with Gasteiger partial charge in [-0.3, -0.25) is 19.2 Å². The van der Waals surface area contributed by atoms with Crippen LogP contribution in [0.25, 0.3) is 0 Å². The number of esters is 1. The lowest BCUT2D eigenvalue weighted by Gasteiger charge is -2.39. The van der Waals surface area contributed by atoms with Crippen molar-refractivity contribution in [2.45, 2.75) is 60.0 Å². The molecule has 3 aromatic carbocycles. The minimum Gasteiger partial charge on any atom is -0.455 e. The molecule has 2 N–H and O–H groups in total. The van der Waals surface area contributed by atoms with E-state index in [0.717, 1.165) is 0 Å². The van der Waals surface area contributed by atoms with E-state index in [9.17, 15) is 14.7 Å². The van der Waals surface area contributed by atoms with Gasteiger partial charge in [0.05, 0.1) is 53.9 Å². The van der Waals surface area contributed by atoms with Crippen LogP contribution in [0.15, 0.2) is 110 Å². The number of para-hydroxylation sites is 1. The third-order valence-electron chi connectivity index (χ3n) is 10.7. The number of alkyl halides is 1. The lowest BCUT2D eigenvalue weighted by Crippen LogP contribution is -2.57. The summed E-state index contributed by atoms with van der Waals surface area (Å²) < 4.78 is 18.7. The highest BCUT2D eigenvalue weighted by molar-refractivity contribution is 9.09. The number of carbonyl (C=O) groups is 4. The van der Waals surface area contributed by atoms with E-state index in [-0.39, 0.29) is 31.9 Å². The second kappa shape index (κ2) is 17.6. The van der Waals surface area contributed by atoms with Gasteiger partial charge in [-0.2, -0.15) is 0 Å². The molecule has 3 fully saturated rings. The predicted octanol–water partition coefficient (Wildman–Crippen LogP) is 5.72. The van der Waals surface area contributed by atoms with Crippen molar-refractivity contribution in [1.29, 1.82) is 0 Å². The van der Waals surface area contributed by atoms with Gasteiger partial charge in [-0.1, -0.05) is 112 Å². The van der Waals surface area contributed by atoms with Crippen LogP contribution in [0.3, 0.4) is 0 Å². The number of amides is 3. The minimum absolute atomic E-state index is 0.0193. The lowest BCUT2D eigenvalue weighted by atomic mass is 9.70. The van der Waals surface area contributed by atoms with E-state index in [1.807, 2.05) is 12.1 Å².